The van der Waals surface area contributed by atoms with Crippen LogP contribution >= 0.6 is 0 Å². The molecule has 1 spiro atoms. The second-order valence-corrected chi connectivity index (χ2v) is 9.25. The number of amides is 2. The first kappa shape index (κ1) is 21.3. The van der Waals surface area contributed by atoms with Crippen molar-refractivity contribution in [2.75, 3.05) is 20.3 Å². The summed E-state index contributed by atoms with van der Waals surface area (Å²) in [5, 5.41) is 0. The number of ether oxygens (including phenoxy) is 4. The van der Waals surface area contributed by atoms with Crippen molar-refractivity contribution >= 4 is 18.0 Å². The Bertz CT molecular complexity index is 763. The Morgan fingerprint density at radius 2 is 2.00 bits per heavy atom. The van der Waals surface area contributed by atoms with E-state index in [2.05, 4.69) is 13.8 Å². The number of esters is 1. The molecule has 0 aromatic heterocycles. The lowest BCUT2D eigenvalue weighted by Gasteiger charge is -2.43. The molecule has 0 radical (unpaired) electrons. The van der Waals surface area contributed by atoms with Crippen molar-refractivity contribution in [3.63, 3.8) is 0 Å². The molecule has 2 amide bonds. The first-order chi connectivity index (χ1) is 14.3. The van der Waals surface area contributed by atoms with Crippen molar-refractivity contribution in [3.05, 3.63) is 12.2 Å². The van der Waals surface area contributed by atoms with Crippen LogP contribution in [0.25, 0.3) is 0 Å². The van der Waals surface area contributed by atoms with Crippen LogP contribution in [0.15, 0.2) is 12.2 Å². The number of fused-ring (bicyclic) bond motifs is 3. The number of hydrogen-bond donors (Lipinski definition) is 0. The summed E-state index contributed by atoms with van der Waals surface area (Å²) in [4.78, 5) is 40.8. The van der Waals surface area contributed by atoms with Crippen LogP contribution in [-0.2, 0) is 28.5 Å². The fourth-order valence-electron chi connectivity index (χ4n) is 6.13. The minimum Gasteiger partial charge on any atom is -0.463 e. The summed E-state index contributed by atoms with van der Waals surface area (Å²) in [7, 11) is 1.42. The fraction of sp³-hybridized carbons (Fsp3) is 0.773. The summed E-state index contributed by atoms with van der Waals surface area (Å²) in [6.45, 7) is 6.34. The zero-order chi connectivity index (χ0) is 21.7. The molecule has 2 aliphatic carbocycles. The Kier molecular flexibility index (Phi) is 5.43. The molecule has 0 aromatic carbocycles. The zero-order valence-corrected chi connectivity index (χ0v) is 18.1. The second-order valence-electron chi connectivity index (χ2n) is 9.25. The van der Waals surface area contributed by atoms with Gasteiger partial charge >= 0.3 is 12.1 Å². The third-order valence-electron chi connectivity index (χ3n) is 7.89. The third kappa shape index (κ3) is 2.83. The molecule has 30 heavy (non-hydrogen) atoms. The first-order valence-corrected chi connectivity index (χ1v) is 10.8. The van der Waals surface area contributed by atoms with Crippen molar-refractivity contribution in [3.8, 4) is 0 Å². The van der Waals surface area contributed by atoms with E-state index < -0.39 is 35.7 Å². The molecule has 8 nitrogen and oxygen atoms in total. The lowest BCUT2D eigenvalue weighted by atomic mass is 9.67. The molecule has 0 N–H and O–H groups in total. The SMILES string of the molecule is C/C=C/C[C@H]1C(=O)OCCO[C@H]2C[C@@H]3CC[C@@]2(C(=O)N2C(=O)O[C@H]1[C@H]2OC)C3(C)C. The van der Waals surface area contributed by atoms with Gasteiger partial charge in [-0.25, -0.2) is 9.69 Å². The van der Waals surface area contributed by atoms with E-state index in [1.807, 2.05) is 19.1 Å². The highest BCUT2D eigenvalue weighted by Crippen LogP contribution is 2.67. The average Bonchev–Trinajstić information content (AvgIpc) is 3.26. The van der Waals surface area contributed by atoms with E-state index >= 15 is 0 Å². The van der Waals surface area contributed by atoms with Gasteiger partial charge in [0.25, 0.3) is 0 Å². The van der Waals surface area contributed by atoms with Gasteiger partial charge in [0.15, 0.2) is 12.3 Å². The van der Waals surface area contributed by atoms with Gasteiger partial charge < -0.3 is 18.9 Å². The molecule has 4 bridgehead atoms. The molecule has 4 rings (SSSR count). The molecule has 0 aromatic rings. The van der Waals surface area contributed by atoms with Crippen LogP contribution < -0.4 is 0 Å². The number of rotatable bonds is 3. The summed E-state index contributed by atoms with van der Waals surface area (Å²) in [6.07, 6.45) is 3.26. The van der Waals surface area contributed by atoms with Crippen molar-refractivity contribution in [2.24, 2.45) is 22.7 Å². The number of hydrogen-bond acceptors (Lipinski definition) is 7. The van der Waals surface area contributed by atoms with Gasteiger partial charge in [0, 0.05) is 7.11 Å². The molecular formula is C22H31NO7. The van der Waals surface area contributed by atoms with Gasteiger partial charge in [0.2, 0.25) is 5.91 Å². The Hall–Kier alpha value is -1.93. The first-order valence-electron chi connectivity index (χ1n) is 10.8. The minimum atomic E-state index is -0.988. The Morgan fingerprint density at radius 1 is 1.23 bits per heavy atom. The van der Waals surface area contributed by atoms with E-state index in [4.69, 9.17) is 18.9 Å². The van der Waals surface area contributed by atoms with E-state index in [1.54, 1.807) is 0 Å². The summed E-state index contributed by atoms with van der Waals surface area (Å²) in [5.41, 5.74) is -1.15. The number of nitrogens with zero attached hydrogens (tertiary/aromatic N) is 1. The summed E-state index contributed by atoms with van der Waals surface area (Å²) in [6, 6.07) is 0. The van der Waals surface area contributed by atoms with E-state index in [0.29, 0.717) is 18.8 Å². The maximum Gasteiger partial charge on any atom is 0.419 e. The lowest BCUT2D eigenvalue weighted by molar-refractivity contribution is -0.173. The molecule has 2 saturated carbocycles. The normalized spacial score (nSPS) is 40.7. The molecule has 2 saturated heterocycles. The van der Waals surface area contributed by atoms with Crippen LogP contribution in [0, 0.1) is 22.7 Å². The smallest absolute Gasteiger partial charge is 0.419 e. The lowest BCUT2D eigenvalue weighted by Crippen LogP contribution is -2.57. The molecule has 4 aliphatic rings. The summed E-state index contributed by atoms with van der Waals surface area (Å²) < 4.78 is 22.7. The predicted molar refractivity (Wildman–Crippen MR) is 105 cm³/mol. The topological polar surface area (TPSA) is 91.4 Å². The van der Waals surface area contributed by atoms with Crippen molar-refractivity contribution in [2.45, 2.75) is 64.9 Å². The monoisotopic (exact) mass is 421 g/mol. The Balaban J connectivity index is 1.77. The largest absolute Gasteiger partial charge is 0.463 e. The number of methoxy groups -OCH3 is 1. The maximum absolute atomic E-state index is 14.0. The fourth-order valence-corrected chi connectivity index (χ4v) is 6.13. The molecule has 6 atom stereocenters. The Morgan fingerprint density at radius 3 is 2.67 bits per heavy atom. The van der Waals surface area contributed by atoms with Gasteiger partial charge in [-0.15, -0.1) is 0 Å². The van der Waals surface area contributed by atoms with Gasteiger partial charge in [0.1, 0.15) is 12.5 Å². The molecule has 2 heterocycles. The van der Waals surface area contributed by atoms with Gasteiger partial charge in [-0.3, -0.25) is 9.59 Å². The van der Waals surface area contributed by atoms with Crippen LogP contribution in [0.1, 0.15) is 46.5 Å². The van der Waals surface area contributed by atoms with Crippen LogP contribution in [0.5, 0.6) is 0 Å². The van der Waals surface area contributed by atoms with Gasteiger partial charge in [0.05, 0.1) is 18.1 Å². The highest BCUT2D eigenvalue weighted by Gasteiger charge is 2.71. The number of cyclic esters (lactones) is 1. The van der Waals surface area contributed by atoms with Crippen LogP contribution in [0.2, 0.25) is 0 Å². The van der Waals surface area contributed by atoms with E-state index in [0.717, 1.165) is 17.7 Å². The molecule has 0 unspecified atom stereocenters. The van der Waals surface area contributed by atoms with Gasteiger partial charge in [-0.05, 0) is 43.9 Å². The van der Waals surface area contributed by atoms with E-state index in [-0.39, 0.29) is 30.6 Å². The average molecular weight is 421 g/mol. The minimum absolute atomic E-state index is 0.0963. The quantitative estimate of drug-likeness (QED) is 0.511. The maximum atomic E-state index is 14.0. The highest BCUT2D eigenvalue weighted by atomic mass is 16.6. The molecular weight excluding hydrogens is 390 g/mol. The van der Waals surface area contributed by atoms with Crippen molar-refractivity contribution < 1.29 is 33.3 Å². The van der Waals surface area contributed by atoms with Crippen molar-refractivity contribution in [1.82, 2.24) is 4.90 Å². The van der Waals surface area contributed by atoms with E-state index in [1.165, 1.54) is 7.11 Å². The van der Waals surface area contributed by atoms with Crippen LogP contribution in [0.3, 0.4) is 0 Å². The summed E-state index contributed by atoms with van der Waals surface area (Å²) in [5.74, 6) is -1.24. The standard InChI is InChI=1S/C22H31NO7/c1-5-6-7-14-16-17(27-4)23(20(26)30-16)19(25)22-9-8-13(21(22,2)3)12-15(22)28-10-11-29-18(14)24/h5-6,13-17H,7-12H2,1-4H3/b6-5+/t13-,14+,15-,16+,17+,22+/m0/s1. The van der Waals surface area contributed by atoms with Gasteiger partial charge in [-0.1, -0.05) is 26.0 Å². The highest BCUT2D eigenvalue weighted by molar-refractivity contribution is 5.98. The van der Waals surface area contributed by atoms with Crippen LogP contribution in [-0.4, -0.2) is 61.6 Å². The Labute approximate surface area is 176 Å². The second kappa shape index (κ2) is 7.64. The molecule has 8 heteroatoms. The predicted octanol–water partition coefficient (Wildman–Crippen LogP) is 2.66. The molecule has 4 fully saturated rings. The number of carbonyl (C=O) groups is 3. The third-order valence-corrected chi connectivity index (χ3v) is 7.89. The van der Waals surface area contributed by atoms with Crippen LogP contribution in [0.4, 0.5) is 4.79 Å². The van der Waals surface area contributed by atoms with E-state index in [9.17, 15) is 14.4 Å². The molecule has 2 aliphatic heterocycles. The number of imide groups is 1. The molecule has 166 valence electrons. The zero-order valence-electron chi connectivity index (χ0n) is 18.1. The summed E-state index contributed by atoms with van der Waals surface area (Å²) >= 11 is 0. The number of carbonyl (C=O) groups excluding carboxylic acids is 3. The van der Waals surface area contributed by atoms with Crippen molar-refractivity contribution in [1.29, 1.82) is 0 Å². The van der Waals surface area contributed by atoms with Gasteiger partial charge in [-0.2, -0.15) is 0 Å². The number of allylic oxidation sites excluding steroid dienone is 2.